The van der Waals surface area contributed by atoms with Gasteiger partial charge in [0, 0.05) is 5.02 Å². The van der Waals surface area contributed by atoms with Gasteiger partial charge in [-0.05, 0) is 36.1 Å². The van der Waals surface area contributed by atoms with Gasteiger partial charge in [-0.3, -0.25) is 4.79 Å². The SMILES string of the molecule is O=C(N[C@@H](CO)[C@H](O)c1ccccc1)C1(c2ccc(Cl)cc2)CC1. The third kappa shape index (κ3) is 3.31. The average molecular weight is 346 g/mol. The summed E-state index contributed by atoms with van der Waals surface area (Å²) in [6, 6.07) is 15.5. The molecule has 2 aromatic rings. The highest BCUT2D eigenvalue weighted by Gasteiger charge is 2.51. The normalized spacial score (nSPS) is 17.8. The molecule has 0 heterocycles. The molecule has 1 aliphatic carbocycles. The molecule has 5 heteroatoms. The van der Waals surface area contributed by atoms with Crippen molar-refractivity contribution >= 4 is 17.5 Å². The van der Waals surface area contributed by atoms with E-state index in [1.807, 2.05) is 30.3 Å². The Bertz CT molecular complexity index is 698. The fraction of sp³-hybridized carbons (Fsp3) is 0.316. The van der Waals surface area contributed by atoms with Crippen LogP contribution in [0.4, 0.5) is 0 Å². The minimum Gasteiger partial charge on any atom is -0.394 e. The van der Waals surface area contributed by atoms with Crippen LogP contribution in [0.5, 0.6) is 0 Å². The van der Waals surface area contributed by atoms with E-state index in [1.54, 1.807) is 24.3 Å². The Balaban J connectivity index is 1.74. The zero-order valence-electron chi connectivity index (χ0n) is 13.2. The molecule has 1 amide bonds. The van der Waals surface area contributed by atoms with Gasteiger partial charge in [-0.15, -0.1) is 0 Å². The van der Waals surface area contributed by atoms with Gasteiger partial charge in [-0.2, -0.15) is 0 Å². The van der Waals surface area contributed by atoms with E-state index in [0.29, 0.717) is 10.6 Å². The smallest absolute Gasteiger partial charge is 0.231 e. The molecule has 1 aliphatic rings. The number of hydrogen-bond donors (Lipinski definition) is 3. The van der Waals surface area contributed by atoms with E-state index >= 15 is 0 Å². The van der Waals surface area contributed by atoms with Crippen LogP contribution in [0.25, 0.3) is 0 Å². The van der Waals surface area contributed by atoms with Gasteiger partial charge < -0.3 is 15.5 Å². The summed E-state index contributed by atoms with van der Waals surface area (Å²) < 4.78 is 0. The van der Waals surface area contributed by atoms with Crippen LogP contribution in [-0.2, 0) is 10.2 Å². The molecule has 2 aromatic carbocycles. The first-order chi connectivity index (χ1) is 11.6. The molecule has 1 fully saturated rings. The van der Waals surface area contributed by atoms with Gasteiger partial charge in [0.05, 0.1) is 18.1 Å². The second-order valence-electron chi connectivity index (χ2n) is 6.21. The van der Waals surface area contributed by atoms with Crippen molar-refractivity contribution in [1.29, 1.82) is 0 Å². The van der Waals surface area contributed by atoms with E-state index < -0.39 is 17.6 Å². The molecule has 24 heavy (non-hydrogen) atoms. The first kappa shape index (κ1) is 17.0. The van der Waals surface area contributed by atoms with Crippen LogP contribution < -0.4 is 5.32 Å². The Hall–Kier alpha value is -1.88. The van der Waals surface area contributed by atoms with Crippen molar-refractivity contribution in [3.63, 3.8) is 0 Å². The molecule has 3 rings (SSSR count). The second kappa shape index (κ2) is 6.93. The molecule has 0 aliphatic heterocycles. The summed E-state index contributed by atoms with van der Waals surface area (Å²) in [7, 11) is 0. The molecule has 3 N–H and O–H groups in total. The van der Waals surface area contributed by atoms with Crippen molar-refractivity contribution in [1.82, 2.24) is 5.32 Å². The molecular formula is C19H20ClNO3. The van der Waals surface area contributed by atoms with Gasteiger partial charge in [0.2, 0.25) is 5.91 Å². The number of halogens is 1. The zero-order chi connectivity index (χ0) is 17.2. The quantitative estimate of drug-likeness (QED) is 0.753. The Morgan fingerprint density at radius 2 is 1.75 bits per heavy atom. The van der Waals surface area contributed by atoms with Gasteiger partial charge in [0.15, 0.2) is 0 Å². The lowest BCUT2D eigenvalue weighted by Crippen LogP contribution is -2.46. The highest BCUT2D eigenvalue weighted by atomic mass is 35.5. The average Bonchev–Trinajstić information content (AvgIpc) is 3.42. The maximum Gasteiger partial charge on any atom is 0.231 e. The fourth-order valence-corrected chi connectivity index (χ4v) is 3.08. The van der Waals surface area contributed by atoms with E-state index in [2.05, 4.69) is 5.32 Å². The monoisotopic (exact) mass is 345 g/mol. The van der Waals surface area contributed by atoms with Crippen molar-refractivity contribution in [3.8, 4) is 0 Å². The summed E-state index contributed by atoms with van der Waals surface area (Å²) in [4.78, 5) is 12.8. The number of amides is 1. The Kier molecular flexibility index (Phi) is 4.90. The minimum atomic E-state index is -0.957. The molecule has 0 bridgehead atoms. The Labute approximate surface area is 146 Å². The maximum absolute atomic E-state index is 12.8. The summed E-state index contributed by atoms with van der Waals surface area (Å²) in [5.41, 5.74) is 0.998. The van der Waals surface area contributed by atoms with Gasteiger partial charge in [0.25, 0.3) is 0 Å². The molecule has 126 valence electrons. The first-order valence-corrected chi connectivity index (χ1v) is 8.35. The number of carbonyl (C=O) groups is 1. The molecular weight excluding hydrogens is 326 g/mol. The van der Waals surface area contributed by atoms with Gasteiger partial charge in [-0.1, -0.05) is 54.1 Å². The minimum absolute atomic E-state index is 0.168. The predicted octanol–water partition coefficient (Wildman–Crippen LogP) is 2.58. The number of carbonyl (C=O) groups excluding carboxylic acids is 1. The third-order valence-electron chi connectivity index (χ3n) is 4.62. The summed E-state index contributed by atoms with van der Waals surface area (Å²) in [5.74, 6) is -0.168. The van der Waals surface area contributed by atoms with Gasteiger partial charge >= 0.3 is 0 Å². The standard InChI is InChI=1S/C19H20ClNO3/c20-15-8-6-14(7-9-15)19(10-11-19)18(24)21-16(12-22)17(23)13-4-2-1-3-5-13/h1-9,16-17,22-23H,10-12H2,(H,21,24)/t16-,17+/m0/s1. The van der Waals surface area contributed by atoms with Gasteiger partial charge in [-0.25, -0.2) is 0 Å². The van der Waals surface area contributed by atoms with Crippen LogP contribution in [0.15, 0.2) is 54.6 Å². The highest BCUT2D eigenvalue weighted by Crippen LogP contribution is 2.48. The van der Waals surface area contributed by atoms with Crippen LogP contribution in [0, 0.1) is 0 Å². The topological polar surface area (TPSA) is 69.6 Å². The number of aliphatic hydroxyl groups excluding tert-OH is 2. The Morgan fingerprint density at radius 3 is 2.29 bits per heavy atom. The molecule has 4 nitrogen and oxygen atoms in total. The number of hydrogen-bond acceptors (Lipinski definition) is 3. The molecule has 1 saturated carbocycles. The summed E-state index contributed by atoms with van der Waals surface area (Å²) in [6.07, 6.45) is 0.543. The second-order valence-corrected chi connectivity index (χ2v) is 6.64. The van der Waals surface area contributed by atoms with E-state index in [-0.39, 0.29) is 12.5 Å². The molecule has 0 unspecified atom stereocenters. The van der Waals surface area contributed by atoms with Crippen molar-refractivity contribution in [2.45, 2.75) is 30.4 Å². The number of aliphatic hydroxyl groups is 2. The molecule has 0 aromatic heterocycles. The summed E-state index contributed by atoms with van der Waals surface area (Å²) >= 11 is 5.91. The van der Waals surface area contributed by atoms with Crippen LogP contribution in [0.3, 0.4) is 0 Å². The lowest BCUT2D eigenvalue weighted by molar-refractivity contribution is -0.125. The van der Waals surface area contributed by atoms with Crippen molar-refractivity contribution in [2.75, 3.05) is 6.61 Å². The van der Waals surface area contributed by atoms with Gasteiger partial charge in [0.1, 0.15) is 6.10 Å². The van der Waals surface area contributed by atoms with Crippen LogP contribution >= 0.6 is 11.6 Å². The number of benzene rings is 2. The van der Waals surface area contributed by atoms with Crippen LogP contribution in [0.2, 0.25) is 5.02 Å². The van der Waals surface area contributed by atoms with Crippen LogP contribution in [0.1, 0.15) is 30.1 Å². The molecule has 2 atom stereocenters. The highest BCUT2D eigenvalue weighted by molar-refractivity contribution is 6.30. The zero-order valence-corrected chi connectivity index (χ0v) is 13.9. The van der Waals surface area contributed by atoms with E-state index in [4.69, 9.17) is 11.6 Å². The Morgan fingerprint density at radius 1 is 1.12 bits per heavy atom. The lowest BCUT2D eigenvalue weighted by atomic mass is 9.94. The summed E-state index contributed by atoms with van der Waals surface area (Å²) in [6.45, 7) is -0.335. The predicted molar refractivity (Wildman–Crippen MR) is 92.8 cm³/mol. The third-order valence-corrected chi connectivity index (χ3v) is 4.87. The largest absolute Gasteiger partial charge is 0.394 e. The number of rotatable bonds is 6. The molecule has 0 radical (unpaired) electrons. The van der Waals surface area contributed by atoms with Crippen LogP contribution in [-0.4, -0.2) is 28.8 Å². The van der Waals surface area contributed by atoms with E-state index in [9.17, 15) is 15.0 Å². The van der Waals surface area contributed by atoms with Crippen molar-refractivity contribution in [2.24, 2.45) is 0 Å². The fourth-order valence-electron chi connectivity index (χ4n) is 2.95. The summed E-state index contributed by atoms with van der Waals surface area (Å²) in [5, 5.41) is 23.5. The van der Waals surface area contributed by atoms with E-state index in [1.165, 1.54) is 0 Å². The maximum atomic E-state index is 12.8. The van der Waals surface area contributed by atoms with E-state index in [0.717, 1.165) is 18.4 Å². The van der Waals surface area contributed by atoms with Crippen molar-refractivity contribution < 1.29 is 15.0 Å². The first-order valence-electron chi connectivity index (χ1n) is 7.98. The number of nitrogens with one attached hydrogen (secondary N) is 1. The molecule has 0 spiro atoms. The van der Waals surface area contributed by atoms with Crippen molar-refractivity contribution in [3.05, 3.63) is 70.7 Å². The lowest BCUT2D eigenvalue weighted by Gasteiger charge is -2.25. The molecule has 0 saturated heterocycles.